The van der Waals surface area contributed by atoms with Crippen LogP contribution in [-0.4, -0.2) is 25.6 Å². The fourth-order valence-corrected chi connectivity index (χ4v) is 4.02. The van der Waals surface area contributed by atoms with Crippen LogP contribution in [0.25, 0.3) is 22.5 Å². The van der Waals surface area contributed by atoms with Crippen molar-refractivity contribution in [1.82, 2.24) is 25.6 Å². The maximum absolute atomic E-state index is 6.23. The highest BCUT2D eigenvalue weighted by atomic mass is 35.5. The van der Waals surface area contributed by atoms with Crippen molar-refractivity contribution < 1.29 is 4.74 Å². The molecule has 31 heavy (non-hydrogen) atoms. The third-order valence-electron chi connectivity index (χ3n) is 5.60. The Balaban J connectivity index is 0.00000231. The van der Waals surface area contributed by atoms with Crippen molar-refractivity contribution in [2.24, 2.45) is 0 Å². The van der Waals surface area contributed by atoms with Gasteiger partial charge in [-0.15, -0.1) is 22.6 Å². The fourth-order valence-electron chi connectivity index (χ4n) is 4.02. The molecule has 4 aromatic rings. The van der Waals surface area contributed by atoms with E-state index in [0.29, 0.717) is 12.4 Å². The van der Waals surface area contributed by atoms with Gasteiger partial charge >= 0.3 is 0 Å². The van der Waals surface area contributed by atoms with Gasteiger partial charge in [-0.25, -0.2) is 0 Å². The maximum Gasteiger partial charge on any atom is 0.205 e. The summed E-state index contributed by atoms with van der Waals surface area (Å²) in [5.41, 5.74) is 7.89. The highest BCUT2D eigenvalue weighted by Gasteiger charge is 2.18. The molecule has 5 rings (SSSR count). The summed E-state index contributed by atoms with van der Waals surface area (Å²) in [6, 6.07) is 18.7. The second-order valence-corrected chi connectivity index (χ2v) is 7.51. The molecular formula is C24H24ClN5O. The summed E-state index contributed by atoms with van der Waals surface area (Å²) in [6.07, 6.45) is 4.22. The number of aryl methyl sites for hydroxylation is 2. The van der Waals surface area contributed by atoms with Crippen molar-refractivity contribution >= 4 is 12.4 Å². The Hall–Kier alpha value is -3.25. The molecule has 0 unspecified atom stereocenters. The maximum atomic E-state index is 6.23. The van der Waals surface area contributed by atoms with E-state index in [1.165, 1.54) is 17.7 Å². The third kappa shape index (κ3) is 4.30. The first kappa shape index (κ1) is 21.0. The van der Waals surface area contributed by atoms with Gasteiger partial charge in [0.1, 0.15) is 12.4 Å². The molecule has 2 aromatic heterocycles. The van der Waals surface area contributed by atoms with Crippen LogP contribution < -0.4 is 4.74 Å². The first-order chi connectivity index (χ1) is 14.8. The van der Waals surface area contributed by atoms with Crippen molar-refractivity contribution in [2.75, 3.05) is 0 Å². The van der Waals surface area contributed by atoms with E-state index in [4.69, 9.17) is 9.72 Å². The molecule has 0 atom stereocenters. The van der Waals surface area contributed by atoms with E-state index in [-0.39, 0.29) is 12.4 Å². The Bertz CT molecular complexity index is 1160. The predicted octanol–water partition coefficient (Wildman–Crippen LogP) is 4.98. The number of hydrogen-bond donors (Lipinski definition) is 1. The predicted molar refractivity (Wildman–Crippen MR) is 122 cm³/mol. The van der Waals surface area contributed by atoms with Gasteiger partial charge in [-0.3, -0.25) is 4.98 Å². The van der Waals surface area contributed by atoms with Gasteiger partial charge in [0.25, 0.3) is 0 Å². The van der Waals surface area contributed by atoms with Gasteiger partial charge in [0.05, 0.1) is 0 Å². The molecule has 2 aromatic carbocycles. The average molecular weight is 434 g/mol. The standard InChI is InChI=1S/C24H23N5O.ClH/c1-2-18-14-23(21-8-5-9-22(21)25-18)30-15-16-10-12-17(13-11-16)19-6-3-4-7-20(19)24-26-28-29-27-24;/h3-4,6-7,10-14H,2,5,8-9,15H2,1H3,(H,26,27,28,29);1H. The normalized spacial score (nSPS) is 12.3. The quantitative estimate of drug-likeness (QED) is 0.464. The first-order valence-electron chi connectivity index (χ1n) is 10.4. The van der Waals surface area contributed by atoms with Crippen LogP contribution in [0.4, 0.5) is 0 Å². The molecule has 0 amide bonds. The molecule has 0 saturated heterocycles. The summed E-state index contributed by atoms with van der Waals surface area (Å²) in [7, 11) is 0. The number of ether oxygens (including phenoxy) is 1. The lowest BCUT2D eigenvalue weighted by molar-refractivity contribution is 0.302. The molecule has 7 heteroatoms. The summed E-state index contributed by atoms with van der Waals surface area (Å²) in [4.78, 5) is 4.77. The minimum atomic E-state index is 0. The van der Waals surface area contributed by atoms with Crippen LogP contribution in [0, 0.1) is 0 Å². The molecule has 0 bridgehead atoms. The molecule has 1 aliphatic rings. The molecule has 158 valence electrons. The Morgan fingerprint density at radius 1 is 1.00 bits per heavy atom. The van der Waals surface area contributed by atoms with Gasteiger partial charge in [0.2, 0.25) is 5.82 Å². The highest BCUT2D eigenvalue weighted by molar-refractivity contribution is 5.85. The van der Waals surface area contributed by atoms with Gasteiger partial charge in [0, 0.05) is 28.6 Å². The average Bonchev–Trinajstić information content (AvgIpc) is 3.50. The van der Waals surface area contributed by atoms with E-state index in [1.807, 2.05) is 18.2 Å². The van der Waals surface area contributed by atoms with E-state index in [2.05, 4.69) is 63.9 Å². The number of aromatic nitrogens is 5. The molecule has 0 spiro atoms. The number of H-pyrrole nitrogens is 1. The van der Waals surface area contributed by atoms with Gasteiger partial charge in [-0.2, -0.15) is 5.21 Å². The zero-order valence-electron chi connectivity index (χ0n) is 17.3. The van der Waals surface area contributed by atoms with E-state index in [0.717, 1.165) is 53.0 Å². The summed E-state index contributed by atoms with van der Waals surface area (Å²) in [5.74, 6) is 1.59. The van der Waals surface area contributed by atoms with E-state index in [1.54, 1.807) is 0 Å². The lowest BCUT2D eigenvalue weighted by Gasteiger charge is -2.13. The van der Waals surface area contributed by atoms with Crippen LogP contribution in [0.2, 0.25) is 0 Å². The number of halogens is 1. The Labute approximate surface area is 187 Å². The number of pyridine rings is 1. The summed E-state index contributed by atoms with van der Waals surface area (Å²) < 4.78 is 6.23. The summed E-state index contributed by atoms with van der Waals surface area (Å²) in [5, 5.41) is 14.4. The van der Waals surface area contributed by atoms with E-state index >= 15 is 0 Å². The molecule has 0 radical (unpaired) electrons. The minimum Gasteiger partial charge on any atom is -0.488 e. The molecule has 1 aliphatic carbocycles. The first-order valence-corrected chi connectivity index (χ1v) is 10.4. The van der Waals surface area contributed by atoms with Crippen molar-refractivity contribution in [3.8, 4) is 28.3 Å². The topological polar surface area (TPSA) is 76.6 Å². The minimum absolute atomic E-state index is 0. The SMILES string of the molecule is CCc1cc(OCc2ccc(-c3ccccc3-c3nn[nH]n3)cc2)c2c(n1)CCC2.Cl. The number of nitrogens with zero attached hydrogens (tertiary/aromatic N) is 4. The zero-order chi connectivity index (χ0) is 20.3. The lowest BCUT2D eigenvalue weighted by Crippen LogP contribution is -2.02. The number of hydrogen-bond acceptors (Lipinski definition) is 5. The molecule has 0 saturated carbocycles. The van der Waals surface area contributed by atoms with Gasteiger partial charge in [-0.05, 0) is 47.6 Å². The van der Waals surface area contributed by atoms with E-state index < -0.39 is 0 Å². The van der Waals surface area contributed by atoms with Crippen LogP contribution >= 0.6 is 12.4 Å². The molecule has 0 aliphatic heterocycles. The number of nitrogens with one attached hydrogen (secondary N) is 1. The van der Waals surface area contributed by atoms with E-state index in [9.17, 15) is 0 Å². The summed E-state index contributed by atoms with van der Waals surface area (Å²) >= 11 is 0. The number of benzene rings is 2. The second kappa shape index (κ2) is 9.27. The Morgan fingerprint density at radius 3 is 2.55 bits per heavy atom. The number of rotatable bonds is 6. The van der Waals surface area contributed by atoms with Crippen molar-refractivity contribution in [3.05, 3.63) is 77.1 Å². The van der Waals surface area contributed by atoms with Crippen LogP contribution in [-0.2, 0) is 25.9 Å². The monoisotopic (exact) mass is 433 g/mol. The third-order valence-corrected chi connectivity index (χ3v) is 5.60. The van der Waals surface area contributed by atoms with Crippen molar-refractivity contribution in [2.45, 2.75) is 39.2 Å². The lowest BCUT2D eigenvalue weighted by atomic mass is 9.98. The molecular weight excluding hydrogens is 410 g/mol. The molecule has 2 heterocycles. The van der Waals surface area contributed by atoms with Crippen LogP contribution in [0.3, 0.4) is 0 Å². The highest BCUT2D eigenvalue weighted by Crippen LogP contribution is 2.32. The second-order valence-electron chi connectivity index (χ2n) is 7.51. The zero-order valence-corrected chi connectivity index (χ0v) is 18.2. The fraction of sp³-hybridized carbons (Fsp3) is 0.250. The Kier molecular flexibility index (Phi) is 6.28. The van der Waals surface area contributed by atoms with Crippen molar-refractivity contribution in [1.29, 1.82) is 0 Å². The summed E-state index contributed by atoms with van der Waals surface area (Å²) in [6.45, 7) is 2.69. The van der Waals surface area contributed by atoms with Crippen molar-refractivity contribution in [3.63, 3.8) is 0 Å². The molecule has 6 nitrogen and oxygen atoms in total. The van der Waals surface area contributed by atoms with Crippen LogP contribution in [0.1, 0.15) is 35.9 Å². The number of fused-ring (bicyclic) bond motifs is 1. The number of aromatic amines is 1. The number of tetrazole rings is 1. The van der Waals surface area contributed by atoms with Gasteiger partial charge < -0.3 is 4.74 Å². The Morgan fingerprint density at radius 2 is 1.81 bits per heavy atom. The van der Waals surface area contributed by atoms with Gasteiger partial charge in [-0.1, -0.05) is 55.5 Å². The molecule has 0 fully saturated rings. The van der Waals surface area contributed by atoms with Gasteiger partial charge in [0.15, 0.2) is 0 Å². The largest absolute Gasteiger partial charge is 0.488 e. The van der Waals surface area contributed by atoms with Crippen LogP contribution in [0.15, 0.2) is 54.6 Å². The van der Waals surface area contributed by atoms with Crippen LogP contribution in [0.5, 0.6) is 5.75 Å². The smallest absolute Gasteiger partial charge is 0.205 e. The molecule has 1 N–H and O–H groups in total.